The highest BCUT2D eigenvalue weighted by Crippen LogP contribution is 2.16. The highest BCUT2D eigenvalue weighted by molar-refractivity contribution is 7.90. The van der Waals surface area contributed by atoms with E-state index in [9.17, 15) is 22.8 Å². The van der Waals surface area contributed by atoms with Crippen molar-refractivity contribution in [2.75, 3.05) is 13.2 Å². The van der Waals surface area contributed by atoms with Crippen LogP contribution in [0.2, 0.25) is 0 Å². The molecule has 176 valence electrons. The second kappa shape index (κ2) is 11.2. The minimum absolute atomic E-state index is 0.00621. The molecule has 0 saturated carbocycles. The maximum absolute atomic E-state index is 12.9. The largest absolute Gasteiger partial charge is 0.395 e. The number of hydrogen-bond acceptors (Lipinski definition) is 7. The number of hydrogen-bond donors (Lipinski definition) is 4. The van der Waals surface area contributed by atoms with Crippen LogP contribution in [0.4, 0.5) is 0 Å². The highest BCUT2D eigenvalue weighted by Gasteiger charge is 2.25. The summed E-state index contributed by atoms with van der Waals surface area (Å²) >= 11 is 0. The van der Waals surface area contributed by atoms with E-state index in [0.717, 1.165) is 11.8 Å². The molecule has 3 aromatic rings. The van der Waals surface area contributed by atoms with Crippen LogP contribution in [0, 0.1) is 0 Å². The number of benzene rings is 2. The number of aliphatic hydroxyl groups is 1. The molecule has 4 N–H and O–H groups in total. The van der Waals surface area contributed by atoms with Crippen molar-refractivity contribution >= 4 is 27.7 Å². The Morgan fingerprint density at radius 3 is 2.21 bits per heavy atom. The zero-order valence-electron chi connectivity index (χ0n) is 17.9. The number of carbonyl (C=O) groups excluding carboxylic acids is 3. The minimum atomic E-state index is -4.40. The van der Waals surface area contributed by atoms with Gasteiger partial charge in [0, 0.05) is 19.3 Å². The van der Waals surface area contributed by atoms with Gasteiger partial charge in [-0.25, -0.2) is 13.1 Å². The van der Waals surface area contributed by atoms with Gasteiger partial charge in [0.15, 0.2) is 0 Å². The van der Waals surface area contributed by atoms with Crippen LogP contribution in [0.25, 0.3) is 0 Å². The molecule has 0 atom stereocenters. The third-order valence-corrected chi connectivity index (χ3v) is 5.99. The first-order valence-electron chi connectivity index (χ1n) is 10.2. The van der Waals surface area contributed by atoms with Crippen LogP contribution < -0.4 is 15.4 Å². The Balaban J connectivity index is 1.73. The molecule has 0 bridgehead atoms. The van der Waals surface area contributed by atoms with Crippen LogP contribution in [0.15, 0.2) is 77.8 Å². The van der Waals surface area contributed by atoms with E-state index in [1.165, 1.54) is 36.4 Å². The summed E-state index contributed by atoms with van der Waals surface area (Å²) in [6.45, 7) is -0.000511. The molecule has 3 amide bonds. The summed E-state index contributed by atoms with van der Waals surface area (Å²) in [4.78, 5) is 40.5. The summed E-state index contributed by atoms with van der Waals surface area (Å²) in [5.74, 6) is -2.14. The Hall–Kier alpha value is -4.09. The lowest BCUT2D eigenvalue weighted by atomic mass is 10.2. The van der Waals surface area contributed by atoms with Gasteiger partial charge < -0.3 is 15.7 Å². The Morgan fingerprint density at radius 1 is 0.824 bits per heavy atom. The van der Waals surface area contributed by atoms with Crippen molar-refractivity contribution in [3.63, 3.8) is 0 Å². The number of carbonyl (C=O) groups is 3. The molecule has 2 aromatic carbocycles. The lowest BCUT2D eigenvalue weighted by Gasteiger charge is -2.12. The molecule has 0 fully saturated rings. The van der Waals surface area contributed by atoms with Crippen LogP contribution in [0.1, 0.15) is 36.8 Å². The zero-order chi connectivity index (χ0) is 24.6. The van der Waals surface area contributed by atoms with Crippen molar-refractivity contribution in [1.29, 1.82) is 0 Å². The normalized spacial score (nSPS) is 10.9. The molecule has 34 heavy (non-hydrogen) atoms. The predicted octanol–water partition coefficient (Wildman–Crippen LogP) is 0.852. The van der Waals surface area contributed by atoms with Crippen LogP contribution in [-0.4, -0.2) is 49.4 Å². The molecule has 0 radical (unpaired) electrons. The molecular weight excluding hydrogens is 460 g/mol. The first kappa shape index (κ1) is 24.6. The van der Waals surface area contributed by atoms with E-state index in [1.54, 1.807) is 0 Å². The van der Waals surface area contributed by atoms with E-state index >= 15 is 0 Å². The second-order valence-corrected chi connectivity index (χ2v) is 8.66. The van der Waals surface area contributed by atoms with E-state index in [1.807, 2.05) is 35.1 Å². The number of nitrogens with one attached hydrogen (secondary N) is 3. The smallest absolute Gasteiger partial charge is 0.269 e. The fourth-order valence-corrected chi connectivity index (χ4v) is 4.10. The van der Waals surface area contributed by atoms with Gasteiger partial charge in [-0.05, 0) is 29.8 Å². The fraction of sp³-hybridized carbons (Fsp3) is 0.130. The van der Waals surface area contributed by atoms with E-state index in [4.69, 9.17) is 5.11 Å². The molecule has 0 aliphatic rings. The number of sulfonamides is 1. The number of rotatable bonds is 9. The van der Waals surface area contributed by atoms with Crippen LogP contribution in [0.3, 0.4) is 0 Å². The lowest BCUT2D eigenvalue weighted by Crippen LogP contribution is -2.33. The van der Waals surface area contributed by atoms with Gasteiger partial charge in [-0.1, -0.05) is 42.5 Å². The number of pyridine rings is 1. The Bertz CT molecular complexity index is 1280. The summed E-state index contributed by atoms with van der Waals surface area (Å²) < 4.78 is 27.7. The maximum Gasteiger partial charge on any atom is 0.269 e. The summed E-state index contributed by atoms with van der Waals surface area (Å²) in [5, 5.41) is 13.8. The second-order valence-electron chi connectivity index (χ2n) is 7.01. The molecule has 0 aliphatic carbocycles. The van der Waals surface area contributed by atoms with Crippen LogP contribution in [-0.2, 0) is 16.6 Å². The van der Waals surface area contributed by atoms with Crippen molar-refractivity contribution in [1.82, 2.24) is 20.3 Å². The van der Waals surface area contributed by atoms with Crippen LogP contribution in [0.5, 0.6) is 0 Å². The molecule has 0 unspecified atom stereocenters. The van der Waals surface area contributed by atoms with E-state index in [-0.39, 0.29) is 41.4 Å². The van der Waals surface area contributed by atoms with Gasteiger partial charge in [0.2, 0.25) is 0 Å². The monoisotopic (exact) mass is 482 g/mol. The van der Waals surface area contributed by atoms with Crippen molar-refractivity contribution in [3.8, 4) is 0 Å². The van der Waals surface area contributed by atoms with E-state index < -0.39 is 27.7 Å². The molecule has 0 aliphatic heterocycles. The summed E-state index contributed by atoms with van der Waals surface area (Å²) in [7, 11) is -4.40. The zero-order valence-corrected chi connectivity index (χ0v) is 18.7. The average molecular weight is 483 g/mol. The average Bonchev–Trinajstić information content (AvgIpc) is 2.86. The number of nitrogens with zero attached hydrogens (tertiary/aromatic N) is 1. The topological polar surface area (TPSA) is 155 Å². The Labute approximate surface area is 196 Å². The predicted molar refractivity (Wildman–Crippen MR) is 122 cm³/mol. The van der Waals surface area contributed by atoms with E-state index in [0.29, 0.717) is 0 Å². The summed E-state index contributed by atoms with van der Waals surface area (Å²) in [6.07, 6.45) is 1.05. The molecule has 11 heteroatoms. The fourth-order valence-electron chi connectivity index (χ4n) is 2.92. The summed E-state index contributed by atoms with van der Waals surface area (Å²) in [6, 6.07) is 17.1. The molecule has 1 aromatic heterocycles. The first-order valence-corrected chi connectivity index (χ1v) is 11.6. The highest BCUT2D eigenvalue weighted by atomic mass is 32.2. The van der Waals surface area contributed by atoms with Gasteiger partial charge >= 0.3 is 0 Å². The third kappa shape index (κ3) is 6.24. The molecule has 10 nitrogen and oxygen atoms in total. The SMILES string of the molecule is O=C(NS(=O)(=O)c1ccccc1C(=O)NCc1ccccc1)c1ccc(C(=O)NCCO)nc1. The van der Waals surface area contributed by atoms with Gasteiger partial charge in [-0.3, -0.25) is 19.4 Å². The molecule has 0 spiro atoms. The van der Waals surface area contributed by atoms with Crippen molar-refractivity contribution in [2.45, 2.75) is 11.4 Å². The molecule has 0 saturated heterocycles. The number of aromatic nitrogens is 1. The van der Waals surface area contributed by atoms with Crippen molar-refractivity contribution < 1.29 is 27.9 Å². The standard InChI is InChI=1S/C23H22N4O6S/c28-13-12-24-23(31)19-11-10-17(15-25-19)21(29)27-34(32,33)20-9-5-4-8-18(20)22(30)26-14-16-6-2-1-3-7-16/h1-11,15,28H,12-14H2,(H,24,31)(H,26,30)(H,27,29). The Kier molecular flexibility index (Phi) is 8.06. The number of amides is 3. The van der Waals surface area contributed by atoms with Gasteiger partial charge in [0.25, 0.3) is 27.7 Å². The van der Waals surface area contributed by atoms with Crippen LogP contribution >= 0.6 is 0 Å². The quantitative estimate of drug-likeness (QED) is 0.352. The molecule has 1 heterocycles. The minimum Gasteiger partial charge on any atom is -0.395 e. The molecule has 3 rings (SSSR count). The van der Waals surface area contributed by atoms with E-state index in [2.05, 4.69) is 15.6 Å². The summed E-state index contributed by atoms with van der Waals surface area (Å²) in [5.41, 5.74) is 0.611. The third-order valence-electron chi connectivity index (χ3n) is 4.60. The van der Waals surface area contributed by atoms with Gasteiger partial charge in [0.1, 0.15) is 10.6 Å². The Morgan fingerprint density at radius 2 is 1.53 bits per heavy atom. The van der Waals surface area contributed by atoms with Gasteiger partial charge in [-0.15, -0.1) is 0 Å². The van der Waals surface area contributed by atoms with Crippen molar-refractivity contribution in [3.05, 3.63) is 95.3 Å². The van der Waals surface area contributed by atoms with Gasteiger partial charge in [0.05, 0.1) is 17.7 Å². The first-order chi connectivity index (χ1) is 16.3. The number of aliphatic hydroxyl groups excluding tert-OH is 1. The lowest BCUT2D eigenvalue weighted by molar-refractivity contribution is 0.0934. The van der Waals surface area contributed by atoms with Gasteiger partial charge in [-0.2, -0.15) is 0 Å². The van der Waals surface area contributed by atoms with Crippen molar-refractivity contribution in [2.24, 2.45) is 0 Å². The maximum atomic E-state index is 12.9. The molecular formula is C23H22N4O6S.